The van der Waals surface area contributed by atoms with Gasteiger partial charge in [0.25, 0.3) is 5.56 Å². The molecule has 3 aromatic carbocycles. The number of rotatable bonds is 5. The Morgan fingerprint density at radius 1 is 0.829 bits per heavy atom. The summed E-state index contributed by atoms with van der Waals surface area (Å²) in [7, 11) is 0. The summed E-state index contributed by atoms with van der Waals surface area (Å²) < 4.78 is 28.6. The normalized spacial score (nSPS) is 14.5. The van der Waals surface area contributed by atoms with Crippen LogP contribution in [0.4, 0.5) is 8.78 Å². The zero-order chi connectivity index (χ0) is 24.4. The summed E-state index contributed by atoms with van der Waals surface area (Å²) in [6, 6.07) is 19.7. The van der Waals surface area contributed by atoms with E-state index < -0.39 is 0 Å². The smallest absolute Gasteiger partial charge is 0.269 e. The number of para-hydroxylation sites is 2. The molecule has 1 saturated heterocycles. The van der Waals surface area contributed by atoms with Gasteiger partial charge in [0.05, 0.1) is 23.3 Å². The number of amides is 1. The van der Waals surface area contributed by atoms with Crippen LogP contribution in [0.15, 0.2) is 83.8 Å². The number of carbonyl (C=O) groups is 1. The Hall–Kier alpha value is -3.91. The van der Waals surface area contributed by atoms with Crippen molar-refractivity contribution in [2.24, 2.45) is 0 Å². The van der Waals surface area contributed by atoms with Gasteiger partial charge in [-0.2, -0.15) is 0 Å². The highest BCUT2D eigenvalue weighted by Crippen LogP contribution is 2.30. The fraction of sp³-hybridized carbons (Fsp3) is 0.222. The van der Waals surface area contributed by atoms with Crippen LogP contribution >= 0.6 is 0 Å². The molecule has 35 heavy (non-hydrogen) atoms. The predicted molar refractivity (Wildman–Crippen MR) is 129 cm³/mol. The zero-order valence-electron chi connectivity index (χ0n) is 19.0. The second-order valence-electron chi connectivity index (χ2n) is 8.59. The monoisotopic (exact) mass is 474 g/mol. The number of aromatic nitrogens is 2. The van der Waals surface area contributed by atoms with Crippen LogP contribution in [-0.4, -0.2) is 51.4 Å². The molecule has 0 atom stereocenters. The Balaban J connectivity index is 1.33. The van der Waals surface area contributed by atoms with Gasteiger partial charge in [-0.1, -0.05) is 36.4 Å². The first-order chi connectivity index (χ1) is 17.0. The van der Waals surface area contributed by atoms with E-state index in [-0.39, 0.29) is 35.7 Å². The van der Waals surface area contributed by atoms with E-state index in [0.29, 0.717) is 37.2 Å². The first-order valence-corrected chi connectivity index (χ1v) is 11.5. The summed E-state index contributed by atoms with van der Waals surface area (Å²) in [6.45, 7) is 2.07. The van der Waals surface area contributed by atoms with Gasteiger partial charge >= 0.3 is 0 Å². The summed E-state index contributed by atoms with van der Waals surface area (Å²) in [5, 5.41) is 0. The molecule has 1 amide bonds. The molecule has 2 heterocycles. The zero-order valence-corrected chi connectivity index (χ0v) is 19.0. The third-order valence-corrected chi connectivity index (χ3v) is 6.45. The van der Waals surface area contributed by atoms with E-state index in [1.165, 1.54) is 35.0 Å². The van der Waals surface area contributed by atoms with Gasteiger partial charge in [-0.25, -0.2) is 13.8 Å². The third kappa shape index (κ3) is 4.83. The quantitative estimate of drug-likeness (QED) is 0.444. The molecule has 5 rings (SSSR count). The Bertz CT molecular complexity index is 1350. The molecule has 1 fully saturated rings. The van der Waals surface area contributed by atoms with Crippen molar-refractivity contribution in [1.29, 1.82) is 0 Å². The summed E-state index contributed by atoms with van der Waals surface area (Å²) in [5.41, 5.74) is 2.76. The first kappa shape index (κ1) is 22.9. The second-order valence-corrected chi connectivity index (χ2v) is 8.59. The predicted octanol–water partition coefficient (Wildman–Crippen LogP) is 3.61. The highest BCUT2D eigenvalue weighted by atomic mass is 19.1. The second kappa shape index (κ2) is 9.76. The Morgan fingerprint density at radius 2 is 1.40 bits per heavy atom. The average Bonchev–Trinajstić information content (AvgIpc) is 2.88. The maximum atomic E-state index is 13.6. The molecule has 1 aromatic heterocycles. The lowest BCUT2D eigenvalue weighted by Crippen LogP contribution is -2.51. The van der Waals surface area contributed by atoms with E-state index in [1.54, 1.807) is 41.3 Å². The van der Waals surface area contributed by atoms with Gasteiger partial charge in [0.2, 0.25) is 5.91 Å². The summed E-state index contributed by atoms with van der Waals surface area (Å²) in [5.74, 6) is -0.773. The van der Waals surface area contributed by atoms with Crippen molar-refractivity contribution in [2.75, 3.05) is 26.2 Å². The molecule has 0 saturated carbocycles. The number of piperazine rings is 1. The van der Waals surface area contributed by atoms with Crippen LogP contribution in [0.5, 0.6) is 0 Å². The minimum absolute atomic E-state index is 0.0543. The first-order valence-electron chi connectivity index (χ1n) is 11.5. The standard InChI is InChI=1S/C27H24F2N4O2/c28-21-9-5-19(6-10-21)27(20-7-11-22(29)12-8-20)32-15-13-31(14-16-32)26(35)18-33-24-4-2-1-3-23(24)30-17-25(33)34/h1-12,17,27H,13-16,18H2. The molecule has 6 nitrogen and oxygen atoms in total. The number of nitrogens with zero attached hydrogens (tertiary/aromatic N) is 4. The van der Waals surface area contributed by atoms with E-state index in [9.17, 15) is 18.4 Å². The molecule has 1 aliphatic heterocycles. The van der Waals surface area contributed by atoms with E-state index >= 15 is 0 Å². The summed E-state index contributed by atoms with van der Waals surface area (Å²) in [4.78, 5) is 33.6. The molecule has 1 aliphatic rings. The van der Waals surface area contributed by atoms with Crippen molar-refractivity contribution < 1.29 is 13.6 Å². The molecule has 0 bridgehead atoms. The largest absolute Gasteiger partial charge is 0.339 e. The van der Waals surface area contributed by atoms with Crippen LogP contribution in [0.3, 0.4) is 0 Å². The molecular formula is C27H24F2N4O2. The third-order valence-electron chi connectivity index (χ3n) is 6.45. The van der Waals surface area contributed by atoms with Gasteiger partial charge in [0.15, 0.2) is 0 Å². The number of fused-ring (bicyclic) bond motifs is 1. The maximum absolute atomic E-state index is 13.6. The van der Waals surface area contributed by atoms with Crippen LogP contribution in [0.2, 0.25) is 0 Å². The number of hydrogen-bond donors (Lipinski definition) is 0. The molecule has 0 radical (unpaired) electrons. The Kier molecular flexibility index (Phi) is 6.37. The van der Waals surface area contributed by atoms with Crippen LogP contribution in [0.1, 0.15) is 17.2 Å². The molecule has 0 N–H and O–H groups in total. The lowest BCUT2D eigenvalue weighted by molar-refractivity contribution is -0.133. The number of halogens is 2. The highest BCUT2D eigenvalue weighted by Gasteiger charge is 2.28. The van der Waals surface area contributed by atoms with Crippen molar-refractivity contribution in [3.63, 3.8) is 0 Å². The van der Waals surface area contributed by atoms with Gasteiger partial charge in [0.1, 0.15) is 18.2 Å². The summed E-state index contributed by atoms with van der Waals surface area (Å²) >= 11 is 0. The molecule has 8 heteroatoms. The summed E-state index contributed by atoms with van der Waals surface area (Å²) in [6.07, 6.45) is 1.24. The number of carbonyl (C=O) groups excluding carboxylic acids is 1. The molecule has 0 unspecified atom stereocenters. The van der Waals surface area contributed by atoms with Crippen LogP contribution in [-0.2, 0) is 11.3 Å². The molecule has 0 spiro atoms. The minimum atomic E-state index is -0.319. The van der Waals surface area contributed by atoms with Crippen molar-refractivity contribution >= 4 is 16.9 Å². The molecular weight excluding hydrogens is 450 g/mol. The van der Waals surface area contributed by atoms with Crippen LogP contribution in [0.25, 0.3) is 11.0 Å². The average molecular weight is 475 g/mol. The minimum Gasteiger partial charge on any atom is -0.339 e. The molecule has 0 aliphatic carbocycles. The van der Waals surface area contributed by atoms with Gasteiger partial charge < -0.3 is 4.90 Å². The Labute approximate surface area is 201 Å². The lowest BCUT2D eigenvalue weighted by Gasteiger charge is -2.40. The van der Waals surface area contributed by atoms with Crippen molar-refractivity contribution in [3.05, 3.63) is 112 Å². The number of hydrogen-bond acceptors (Lipinski definition) is 4. The van der Waals surface area contributed by atoms with Crippen LogP contribution in [0, 0.1) is 11.6 Å². The maximum Gasteiger partial charge on any atom is 0.269 e. The number of benzene rings is 3. The van der Waals surface area contributed by atoms with Crippen molar-refractivity contribution in [1.82, 2.24) is 19.4 Å². The van der Waals surface area contributed by atoms with Gasteiger partial charge in [0, 0.05) is 26.2 Å². The highest BCUT2D eigenvalue weighted by molar-refractivity contribution is 5.80. The lowest BCUT2D eigenvalue weighted by atomic mass is 9.96. The van der Waals surface area contributed by atoms with E-state index in [4.69, 9.17) is 0 Å². The SMILES string of the molecule is O=C(Cn1c(=O)cnc2ccccc21)N1CCN(C(c2ccc(F)cc2)c2ccc(F)cc2)CC1. The van der Waals surface area contributed by atoms with Gasteiger partial charge in [-0.15, -0.1) is 0 Å². The molecule has 4 aromatic rings. The van der Waals surface area contributed by atoms with E-state index in [2.05, 4.69) is 9.88 Å². The van der Waals surface area contributed by atoms with Gasteiger partial charge in [-0.05, 0) is 47.5 Å². The topological polar surface area (TPSA) is 58.4 Å². The molecule has 178 valence electrons. The van der Waals surface area contributed by atoms with E-state index in [0.717, 1.165) is 11.1 Å². The van der Waals surface area contributed by atoms with Crippen molar-refractivity contribution in [3.8, 4) is 0 Å². The fourth-order valence-corrected chi connectivity index (χ4v) is 4.65. The van der Waals surface area contributed by atoms with Gasteiger partial charge in [-0.3, -0.25) is 19.1 Å². The fourth-order valence-electron chi connectivity index (χ4n) is 4.65. The Morgan fingerprint density at radius 3 is 2.00 bits per heavy atom. The van der Waals surface area contributed by atoms with Crippen molar-refractivity contribution in [2.45, 2.75) is 12.6 Å². The van der Waals surface area contributed by atoms with Crippen LogP contribution < -0.4 is 5.56 Å². The van der Waals surface area contributed by atoms with E-state index in [1.807, 2.05) is 12.1 Å².